The average Bonchev–Trinajstić information content (AvgIpc) is 2.53. The lowest BCUT2D eigenvalue weighted by Crippen LogP contribution is -2.56. The van der Waals surface area contributed by atoms with E-state index in [9.17, 15) is 4.79 Å². The quantitative estimate of drug-likeness (QED) is 0.937. The summed E-state index contributed by atoms with van der Waals surface area (Å²) < 4.78 is 5.73. The zero-order chi connectivity index (χ0) is 16.4. The zero-order valence-electron chi connectivity index (χ0n) is 13.3. The third-order valence-corrected chi connectivity index (χ3v) is 4.27. The van der Waals surface area contributed by atoms with Gasteiger partial charge in [-0.3, -0.25) is 9.78 Å². The smallest absolute Gasteiger partial charge is 0.260 e. The van der Waals surface area contributed by atoms with Crippen LogP contribution in [0.5, 0.6) is 5.75 Å². The lowest BCUT2D eigenvalue weighted by Gasteiger charge is -2.36. The Bertz CT molecular complexity index is 712. The van der Waals surface area contributed by atoms with Crippen molar-refractivity contribution in [2.45, 2.75) is 25.9 Å². The molecular formula is C17H20ClN3O2. The molecule has 2 atom stereocenters. The second-order valence-electron chi connectivity index (χ2n) is 6.00. The molecule has 2 aromatic rings. The van der Waals surface area contributed by atoms with E-state index >= 15 is 0 Å². The molecule has 5 nitrogen and oxygen atoms in total. The summed E-state index contributed by atoms with van der Waals surface area (Å²) in [5.74, 6) is 0.568. The minimum Gasteiger partial charge on any atom is -0.481 e. The molecule has 1 N–H and O–H groups in total. The Labute approximate surface area is 140 Å². The first-order chi connectivity index (χ1) is 11.0. The summed E-state index contributed by atoms with van der Waals surface area (Å²) in [7, 11) is 0. The lowest BCUT2D eigenvalue weighted by molar-refractivity contribution is -0.135. The van der Waals surface area contributed by atoms with Crippen LogP contribution in [0, 0.1) is 0 Å². The van der Waals surface area contributed by atoms with Gasteiger partial charge in [-0.25, -0.2) is 0 Å². The second kappa shape index (κ2) is 6.72. The minimum absolute atomic E-state index is 0.00669. The number of nitrogens with one attached hydrogen (secondary N) is 1. The Morgan fingerprint density at radius 3 is 2.83 bits per heavy atom. The maximum atomic E-state index is 12.4. The van der Waals surface area contributed by atoms with Crippen molar-refractivity contribution in [2.24, 2.45) is 0 Å². The van der Waals surface area contributed by atoms with Crippen LogP contribution in [0.25, 0.3) is 10.9 Å². The summed E-state index contributed by atoms with van der Waals surface area (Å²) in [6, 6.07) is 7.82. The summed E-state index contributed by atoms with van der Waals surface area (Å²) in [6.07, 6.45) is 1.69. The zero-order valence-corrected chi connectivity index (χ0v) is 14.0. The molecule has 122 valence electrons. The fourth-order valence-electron chi connectivity index (χ4n) is 2.99. The maximum Gasteiger partial charge on any atom is 0.260 e. The predicted octanol–water partition coefficient (Wildman–Crippen LogP) is 2.48. The molecule has 2 heterocycles. The molecule has 0 radical (unpaired) electrons. The third kappa shape index (κ3) is 3.57. The van der Waals surface area contributed by atoms with Crippen LogP contribution in [0.2, 0.25) is 5.02 Å². The Kier molecular flexibility index (Phi) is 4.68. The molecule has 1 fully saturated rings. The number of pyridine rings is 1. The monoisotopic (exact) mass is 333 g/mol. The van der Waals surface area contributed by atoms with Crippen LogP contribution in [-0.2, 0) is 4.79 Å². The number of rotatable bonds is 3. The van der Waals surface area contributed by atoms with Gasteiger partial charge >= 0.3 is 0 Å². The first-order valence-electron chi connectivity index (χ1n) is 7.74. The third-order valence-electron chi connectivity index (χ3n) is 3.94. The van der Waals surface area contributed by atoms with E-state index in [4.69, 9.17) is 16.3 Å². The first-order valence-corrected chi connectivity index (χ1v) is 8.12. The molecule has 23 heavy (non-hydrogen) atoms. The van der Waals surface area contributed by atoms with Crippen LogP contribution in [0.1, 0.15) is 13.8 Å². The fraction of sp³-hybridized carbons (Fsp3) is 0.412. The largest absolute Gasteiger partial charge is 0.481 e. The highest BCUT2D eigenvalue weighted by molar-refractivity contribution is 6.35. The van der Waals surface area contributed by atoms with Crippen molar-refractivity contribution in [1.82, 2.24) is 15.2 Å². The number of hydrogen-bond acceptors (Lipinski definition) is 4. The van der Waals surface area contributed by atoms with Crippen LogP contribution in [-0.4, -0.2) is 47.6 Å². The van der Waals surface area contributed by atoms with E-state index in [1.807, 2.05) is 17.0 Å². The lowest BCUT2D eigenvalue weighted by atomic mass is 10.1. The van der Waals surface area contributed by atoms with Gasteiger partial charge in [-0.2, -0.15) is 0 Å². The second-order valence-corrected chi connectivity index (χ2v) is 6.41. The van der Waals surface area contributed by atoms with Gasteiger partial charge in [0.2, 0.25) is 0 Å². The molecule has 3 rings (SSSR count). The Balaban J connectivity index is 1.71. The van der Waals surface area contributed by atoms with Gasteiger partial charge in [0.05, 0.1) is 5.02 Å². The molecule has 1 aliphatic heterocycles. The highest BCUT2D eigenvalue weighted by atomic mass is 35.5. The van der Waals surface area contributed by atoms with E-state index in [0.717, 1.165) is 5.39 Å². The number of benzene rings is 1. The van der Waals surface area contributed by atoms with Crippen LogP contribution in [0.3, 0.4) is 0 Å². The summed E-state index contributed by atoms with van der Waals surface area (Å²) >= 11 is 6.17. The van der Waals surface area contributed by atoms with E-state index < -0.39 is 0 Å². The molecule has 0 aliphatic carbocycles. The molecule has 1 aromatic heterocycles. The number of carbonyl (C=O) groups excluding carboxylic acids is 1. The highest BCUT2D eigenvalue weighted by Crippen LogP contribution is 2.29. The van der Waals surface area contributed by atoms with Crippen LogP contribution in [0.4, 0.5) is 0 Å². The summed E-state index contributed by atoms with van der Waals surface area (Å²) in [4.78, 5) is 18.5. The number of ether oxygens (including phenoxy) is 1. The molecule has 0 spiro atoms. The molecular weight excluding hydrogens is 314 g/mol. The fourth-order valence-corrected chi connectivity index (χ4v) is 3.21. The highest BCUT2D eigenvalue weighted by Gasteiger charge is 2.25. The number of hydrogen-bond donors (Lipinski definition) is 1. The van der Waals surface area contributed by atoms with Crippen molar-refractivity contribution in [3.05, 3.63) is 35.5 Å². The van der Waals surface area contributed by atoms with Crippen molar-refractivity contribution in [3.8, 4) is 5.75 Å². The van der Waals surface area contributed by atoms with E-state index in [2.05, 4.69) is 24.1 Å². The van der Waals surface area contributed by atoms with Gasteiger partial charge in [-0.1, -0.05) is 11.6 Å². The van der Waals surface area contributed by atoms with E-state index in [0.29, 0.717) is 41.5 Å². The topological polar surface area (TPSA) is 54.5 Å². The molecule has 1 aromatic carbocycles. The number of aromatic nitrogens is 1. The number of amides is 1. The average molecular weight is 334 g/mol. The van der Waals surface area contributed by atoms with Gasteiger partial charge in [-0.05, 0) is 38.1 Å². The molecule has 0 unspecified atom stereocenters. The minimum atomic E-state index is -0.00997. The van der Waals surface area contributed by atoms with Crippen molar-refractivity contribution in [2.75, 3.05) is 19.7 Å². The summed E-state index contributed by atoms with van der Waals surface area (Å²) in [6.45, 7) is 5.56. The Morgan fingerprint density at radius 2 is 2.09 bits per heavy atom. The van der Waals surface area contributed by atoms with Crippen molar-refractivity contribution >= 4 is 28.4 Å². The number of piperazine rings is 1. The number of nitrogens with zero attached hydrogens (tertiary/aromatic N) is 2. The first kappa shape index (κ1) is 16.0. The molecule has 1 aliphatic rings. The van der Waals surface area contributed by atoms with Crippen molar-refractivity contribution < 1.29 is 9.53 Å². The van der Waals surface area contributed by atoms with E-state index in [-0.39, 0.29) is 12.5 Å². The van der Waals surface area contributed by atoms with Gasteiger partial charge in [0, 0.05) is 36.8 Å². The SMILES string of the molecule is C[C@@H]1CN(C(=O)COc2ccc(Cl)c3cccnc23)C[C@H](C)N1. The predicted molar refractivity (Wildman–Crippen MR) is 90.9 cm³/mol. The number of halogens is 1. The van der Waals surface area contributed by atoms with Gasteiger partial charge < -0.3 is 15.0 Å². The normalized spacial score (nSPS) is 21.4. The van der Waals surface area contributed by atoms with Gasteiger partial charge in [0.1, 0.15) is 11.3 Å². The van der Waals surface area contributed by atoms with E-state index in [1.165, 1.54) is 0 Å². The molecule has 1 saturated heterocycles. The van der Waals surface area contributed by atoms with Gasteiger partial charge in [-0.15, -0.1) is 0 Å². The molecule has 0 bridgehead atoms. The van der Waals surface area contributed by atoms with Gasteiger partial charge in [0.15, 0.2) is 6.61 Å². The van der Waals surface area contributed by atoms with Crippen molar-refractivity contribution in [1.29, 1.82) is 0 Å². The van der Waals surface area contributed by atoms with Gasteiger partial charge in [0.25, 0.3) is 5.91 Å². The van der Waals surface area contributed by atoms with Crippen LogP contribution in [0.15, 0.2) is 30.5 Å². The van der Waals surface area contributed by atoms with Crippen LogP contribution >= 0.6 is 11.6 Å². The van der Waals surface area contributed by atoms with E-state index in [1.54, 1.807) is 18.3 Å². The molecule has 1 amide bonds. The standard InChI is InChI=1S/C17H20ClN3O2/c1-11-8-21(9-12(2)20-11)16(22)10-23-15-6-5-14(18)13-4-3-7-19-17(13)15/h3-7,11-12,20H,8-10H2,1-2H3/t11-,12+. The summed E-state index contributed by atoms with van der Waals surface area (Å²) in [5.41, 5.74) is 0.676. The Morgan fingerprint density at radius 1 is 1.35 bits per heavy atom. The number of fused-ring (bicyclic) bond motifs is 1. The molecule has 6 heteroatoms. The maximum absolute atomic E-state index is 12.4. The number of carbonyl (C=O) groups is 1. The Hall–Kier alpha value is -1.85. The van der Waals surface area contributed by atoms with Crippen LogP contribution < -0.4 is 10.1 Å². The summed E-state index contributed by atoms with van der Waals surface area (Å²) in [5, 5.41) is 4.85. The molecule has 0 saturated carbocycles. The van der Waals surface area contributed by atoms with Crippen molar-refractivity contribution in [3.63, 3.8) is 0 Å².